The van der Waals surface area contributed by atoms with Crippen LogP contribution >= 0.6 is 11.8 Å². The van der Waals surface area contributed by atoms with Crippen molar-refractivity contribution in [1.82, 2.24) is 9.97 Å². The molecule has 5 heteroatoms. The number of hydrogen-bond donors (Lipinski definition) is 2. The van der Waals surface area contributed by atoms with Gasteiger partial charge in [-0.05, 0) is 32.8 Å². The maximum atomic E-state index is 7.51. The van der Waals surface area contributed by atoms with Crippen molar-refractivity contribution in [2.75, 3.05) is 5.75 Å². The van der Waals surface area contributed by atoms with Gasteiger partial charge in [-0.2, -0.15) is 0 Å². The van der Waals surface area contributed by atoms with Crippen LogP contribution in [0.25, 0.3) is 0 Å². The first-order valence-electron chi connectivity index (χ1n) is 6.61. The minimum absolute atomic E-state index is 0.179. The molecule has 0 amide bonds. The maximum Gasteiger partial charge on any atom is 0.187 e. The van der Waals surface area contributed by atoms with Crippen LogP contribution < -0.4 is 5.73 Å². The first-order chi connectivity index (χ1) is 8.81. The summed E-state index contributed by atoms with van der Waals surface area (Å²) in [5, 5.41) is 8.38. The van der Waals surface area contributed by atoms with Gasteiger partial charge >= 0.3 is 0 Å². The van der Waals surface area contributed by atoms with Crippen molar-refractivity contribution >= 4 is 17.6 Å². The summed E-state index contributed by atoms with van der Waals surface area (Å²) >= 11 is 1.70. The highest BCUT2D eigenvalue weighted by Gasteiger charge is 2.20. The number of rotatable bonds is 7. The highest BCUT2D eigenvalue weighted by atomic mass is 32.2. The second-order valence-corrected chi connectivity index (χ2v) is 6.60. The number of unbranched alkanes of at least 4 members (excludes halogenated alkanes) is 1. The molecular weight excluding hydrogens is 256 g/mol. The first-order valence-corrected chi connectivity index (χ1v) is 7.59. The Labute approximate surface area is 120 Å². The van der Waals surface area contributed by atoms with Gasteiger partial charge in [0.05, 0.1) is 5.84 Å². The molecule has 0 aromatic carbocycles. The Morgan fingerprint density at radius 3 is 2.37 bits per heavy atom. The molecule has 0 atom stereocenters. The fourth-order valence-corrected chi connectivity index (χ4v) is 2.67. The van der Waals surface area contributed by atoms with E-state index in [1.165, 1.54) is 0 Å². The molecule has 1 aromatic rings. The molecule has 3 N–H and O–H groups in total. The van der Waals surface area contributed by atoms with Crippen LogP contribution in [0.2, 0.25) is 0 Å². The monoisotopic (exact) mass is 280 g/mol. The van der Waals surface area contributed by atoms with Gasteiger partial charge in [0, 0.05) is 22.6 Å². The van der Waals surface area contributed by atoms with Crippen molar-refractivity contribution in [3.63, 3.8) is 0 Å². The van der Waals surface area contributed by atoms with E-state index in [1.54, 1.807) is 11.8 Å². The van der Waals surface area contributed by atoms with Gasteiger partial charge in [0.15, 0.2) is 5.16 Å². The number of nitrogens with two attached hydrogens (primary N) is 1. The molecular formula is C14H24N4S. The molecule has 0 aliphatic heterocycles. The molecule has 0 spiro atoms. The zero-order valence-corrected chi connectivity index (χ0v) is 13.1. The quantitative estimate of drug-likeness (QED) is 0.264. The highest BCUT2D eigenvalue weighted by Crippen LogP contribution is 2.24. The average Bonchev–Trinajstić information content (AvgIpc) is 2.26. The number of hydrogen-bond acceptors (Lipinski definition) is 4. The summed E-state index contributed by atoms with van der Waals surface area (Å²) in [6, 6.07) is 1.99. The third kappa shape index (κ3) is 5.59. The summed E-state index contributed by atoms with van der Waals surface area (Å²) in [5.41, 5.74) is 7.43. The van der Waals surface area contributed by atoms with E-state index in [9.17, 15) is 0 Å². The van der Waals surface area contributed by atoms with E-state index < -0.39 is 0 Å². The van der Waals surface area contributed by atoms with Crippen LogP contribution in [-0.2, 0) is 0 Å². The first kappa shape index (κ1) is 16.0. The molecule has 0 radical (unpaired) electrons. The molecule has 1 heterocycles. The van der Waals surface area contributed by atoms with Crippen LogP contribution in [0.5, 0.6) is 0 Å². The van der Waals surface area contributed by atoms with Gasteiger partial charge in [0.2, 0.25) is 0 Å². The lowest BCUT2D eigenvalue weighted by Gasteiger charge is -2.22. The zero-order chi connectivity index (χ0) is 14.5. The summed E-state index contributed by atoms with van der Waals surface area (Å²) in [6.45, 7) is 8.03. The van der Waals surface area contributed by atoms with E-state index in [0.29, 0.717) is 0 Å². The van der Waals surface area contributed by atoms with Crippen LogP contribution in [0.15, 0.2) is 11.2 Å². The predicted molar refractivity (Wildman–Crippen MR) is 81.8 cm³/mol. The van der Waals surface area contributed by atoms with Crippen LogP contribution in [-0.4, -0.2) is 21.6 Å². The molecule has 0 aliphatic carbocycles. The fourth-order valence-electron chi connectivity index (χ4n) is 1.73. The van der Waals surface area contributed by atoms with E-state index in [4.69, 9.17) is 11.1 Å². The number of amidine groups is 1. The van der Waals surface area contributed by atoms with Crippen LogP contribution in [0.1, 0.15) is 44.5 Å². The van der Waals surface area contributed by atoms with Crippen LogP contribution in [0, 0.1) is 24.7 Å². The second-order valence-electron chi connectivity index (χ2n) is 5.54. The lowest BCUT2D eigenvalue weighted by Crippen LogP contribution is -2.30. The number of nitrogens with zero attached hydrogens (tertiary/aromatic N) is 2. The molecule has 1 rings (SSSR count). The number of nitrogens with one attached hydrogen (secondary N) is 1. The Hall–Kier alpha value is -1.10. The van der Waals surface area contributed by atoms with E-state index in [1.807, 2.05) is 33.8 Å². The number of aryl methyl sites for hydroxylation is 2. The zero-order valence-electron chi connectivity index (χ0n) is 12.3. The fraction of sp³-hybridized carbons (Fsp3) is 0.643. The summed E-state index contributed by atoms with van der Waals surface area (Å²) in [6.07, 6.45) is 3.12. The average molecular weight is 280 g/mol. The summed E-state index contributed by atoms with van der Waals surface area (Å²) in [5.74, 6) is 1.29. The van der Waals surface area contributed by atoms with E-state index >= 15 is 0 Å². The van der Waals surface area contributed by atoms with Crippen molar-refractivity contribution in [3.05, 3.63) is 17.5 Å². The smallest absolute Gasteiger partial charge is 0.187 e. The van der Waals surface area contributed by atoms with Crippen molar-refractivity contribution in [1.29, 1.82) is 5.41 Å². The molecule has 0 unspecified atom stereocenters. The molecule has 0 fully saturated rings. The molecule has 19 heavy (non-hydrogen) atoms. The lowest BCUT2D eigenvalue weighted by atomic mass is 9.86. The Balaban J connectivity index is 2.30. The second kappa shape index (κ2) is 6.89. The number of thioether (sulfide) groups is 1. The molecule has 0 saturated carbocycles. The molecule has 1 aromatic heterocycles. The van der Waals surface area contributed by atoms with E-state index in [-0.39, 0.29) is 11.3 Å². The van der Waals surface area contributed by atoms with Crippen LogP contribution in [0.4, 0.5) is 0 Å². The van der Waals surface area contributed by atoms with Gasteiger partial charge in [0.25, 0.3) is 0 Å². The van der Waals surface area contributed by atoms with E-state index in [2.05, 4.69) is 9.97 Å². The maximum absolute atomic E-state index is 7.51. The molecule has 0 saturated heterocycles. The molecule has 0 bridgehead atoms. The van der Waals surface area contributed by atoms with Gasteiger partial charge < -0.3 is 5.73 Å². The molecule has 4 nitrogen and oxygen atoms in total. The van der Waals surface area contributed by atoms with Gasteiger partial charge in [-0.25, -0.2) is 9.97 Å². The van der Waals surface area contributed by atoms with Gasteiger partial charge in [0.1, 0.15) is 0 Å². The topological polar surface area (TPSA) is 75.7 Å². The Morgan fingerprint density at radius 2 is 1.84 bits per heavy atom. The third-order valence-corrected chi connectivity index (χ3v) is 4.05. The summed E-state index contributed by atoms with van der Waals surface area (Å²) < 4.78 is 0. The summed E-state index contributed by atoms with van der Waals surface area (Å²) in [7, 11) is 0. The Bertz CT molecular complexity index is 423. The Kier molecular flexibility index (Phi) is 5.79. The third-order valence-electron chi connectivity index (χ3n) is 3.12. The minimum atomic E-state index is -0.179. The number of aromatic nitrogens is 2. The van der Waals surface area contributed by atoms with E-state index in [0.717, 1.165) is 41.6 Å². The standard InChI is InChI=1S/C14H24N4S/c1-10-9-11(2)18-13(17-10)19-8-6-5-7-14(3,4)12(15)16/h9H,5-8H2,1-4H3,(H3,15,16). The Morgan fingerprint density at radius 1 is 1.26 bits per heavy atom. The van der Waals surface area contributed by atoms with Gasteiger partial charge in [-0.3, -0.25) is 5.41 Å². The van der Waals surface area contributed by atoms with Crippen molar-refractivity contribution in [3.8, 4) is 0 Å². The summed E-state index contributed by atoms with van der Waals surface area (Å²) in [4.78, 5) is 8.81. The molecule has 0 aliphatic rings. The normalized spacial score (nSPS) is 11.6. The lowest BCUT2D eigenvalue weighted by molar-refractivity contribution is 0.448. The molecule has 106 valence electrons. The predicted octanol–water partition coefficient (Wildman–Crippen LogP) is 3.32. The highest BCUT2D eigenvalue weighted by molar-refractivity contribution is 7.99. The largest absolute Gasteiger partial charge is 0.387 e. The van der Waals surface area contributed by atoms with Crippen molar-refractivity contribution < 1.29 is 0 Å². The van der Waals surface area contributed by atoms with Gasteiger partial charge in [-0.15, -0.1) is 0 Å². The van der Waals surface area contributed by atoms with Crippen molar-refractivity contribution in [2.45, 2.75) is 52.1 Å². The van der Waals surface area contributed by atoms with Crippen molar-refractivity contribution in [2.24, 2.45) is 11.1 Å². The minimum Gasteiger partial charge on any atom is -0.387 e. The van der Waals surface area contributed by atoms with Crippen LogP contribution in [0.3, 0.4) is 0 Å². The van der Waals surface area contributed by atoms with Gasteiger partial charge in [-0.1, -0.05) is 32.0 Å². The SMILES string of the molecule is Cc1cc(C)nc(SCCCCC(C)(C)C(=N)N)n1.